The molecule has 0 saturated carbocycles. The number of hydrogen-bond donors (Lipinski definition) is 2. The summed E-state index contributed by atoms with van der Waals surface area (Å²) in [6, 6.07) is 2.41. The summed E-state index contributed by atoms with van der Waals surface area (Å²) in [5, 5.41) is 1.82. The molecule has 23 heavy (non-hydrogen) atoms. The van der Waals surface area contributed by atoms with Crippen LogP contribution < -0.4 is 11.1 Å². The van der Waals surface area contributed by atoms with Crippen molar-refractivity contribution >= 4 is 23.8 Å². The molecule has 2 atom stereocenters. The van der Waals surface area contributed by atoms with E-state index < -0.39 is 29.9 Å². The third-order valence-corrected chi connectivity index (χ3v) is 3.38. The van der Waals surface area contributed by atoms with Gasteiger partial charge in [0.25, 0.3) is 5.91 Å². The monoisotopic (exact) mass is 323 g/mol. The Morgan fingerprint density at radius 1 is 1.52 bits per heavy atom. The number of imide groups is 1. The molecule has 0 unspecified atom stereocenters. The summed E-state index contributed by atoms with van der Waals surface area (Å²) in [6.45, 7) is 1.77. The third kappa shape index (κ3) is 4.31. The maximum absolute atomic E-state index is 12.0. The van der Waals surface area contributed by atoms with E-state index in [0.717, 1.165) is 0 Å². The fourth-order valence-electron chi connectivity index (χ4n) is 2.22. The maximum Gasteiger partial charge on any atom is 0.318 e. The molecule has 4 amide bonds. The van der Waals surface area contributed by atoms with Gasteiger partial charge in [0.05, 0.1) is 18.7 Å². The highest BCUT2D eigenvalue weighted by Crippen LogP contribution is 2.22. The van der Waals surface area contributed by atoms with Crippen LogP contribution in [0.5, 0.6) is 0 Å². The summed E-state index contributed by atoms with van der Waals surface area (Å²) in [5.41, 5.74) is 4.81. The van der Waals surface area contributed by atoms with Crippen LogP contribution in [-0.2, 0) is 25.7 Å². The van der Waals surface area contributed by atoms with Crippen LogP contribution in [0.3, 0.4) is 0 Å². The molecule has 3 N–H and O–H groups in total. The quantitative estimate of drug-likeness (QED) is 0.718. The molecule has 1 fully saturated rings. The zero-order valence-corrected chi connectivity index (χ0v) is 12.5. The molecule has 2 heterocycles. The number of furan rings is 1. The van der Waals surface area contributed by atoms with E-state index in [4.69, 9.17) is 14.9 Å². The standard InChI is InChI=1S/C14H17N3O6/c1-8(12(19)16-14(15)21)23-13(20)9-5-11(18)17(6-9)7-10-3-2-4-22-10/h2-4,8-9H,5-7H2,1H3,(H3,15,16,19,21)/t8-,9-/m0/s1. The molecule has 124 valence electrons. The van der Waals surface area contributed by atoms with E-state index in [-0.39, 0.29) is 25.4 Å². The lowest BCUT2D eigenvalue weighted by atomic mass is 10.1. The first-order valence-corrected chi connectivity index (χ1v) is 6.97. The largest absolute Gasteiger partial charge is 0.467 e. The van der Waals surface area contributed by atoms with Crippen LogP contribution in [0.25, 0.3) is 0 Å². The molecule has 0 aliphatic carbocycles. The van der Waals surface area contributed by atoms with Gasteiger partial charge in [0.15, 0.2) is 6.10 Å². The Morgan fingerprint density at radius 2 is 2.26 bits per heavy atom. The van der Waals surface area contributed by atoms with E-state index in [9.17, 15) is 19.2 Å². The van der Waals surface area contributed by atoms with Gasteiger partial charge < -0.3 is 19.8 Å². The molecule has 9 heteroatoms. The Labute approximate surface area is 131 Å². The van der Waals surface area contributed by atoms with Crippen LogP contribution in [0, 0.1) is 5.92 Å². The van der Waals surface area contributed by atoms with Gasteiger partial charge in [-0.05, 0) is 19.1 Å². The molecule has 0 aromatic carbocycles. The molecule has 1 aliphatic rings. The number of primary amides is 1. The molecule has 2 rings (SSSR count). The number of carbonyl (C=O) groups is 4. The third-order valence-electron chi connectivity index (χ3n) is 3.38. The lowest BCUT2D eigenvalue weighted by Gasteiger charge is -2.16. The van der Waals surface area contributed by atoms with Gasteiger partial charge in [0, 0.05) is 13.0 Å². The van der Waals surface area contributed by atoms with E-state index in [1.165, 1.54) is 18.1 Å². The summed E-state index contributed by atoms with van der Waals surface area (Å²) < 4.78 is 10.1. The SMILES string of the molecule is C[C@H](OC(=O)[C@H]1CC(=O)N(Cc2ccco2)C1)C(=O)NC(N)=O. The van der Waals surface area contributed by atoms with Crippen molar-refractivity contribution in [2.75, 3.05) is 6.54 Å². The van der Waals surface area contributed by atoms with Crippen molar-refractivity contribution in [1.82, 2.24) is 10.2 Å². The first-order chi connectivity index (χ1) is 10.9. The van der Waals surface area contributed by atoms with E-state index in [0.29, 0.717) is 5.76 Å². The van der Waals surface area contributed by atoms with Gasteiger partial charge in [-0.25, -0.2) is 4.79 Å². The van der Waals surface area contributed by atoms with Crippen molar-refractivity contribution in [2.24, 2.45) is 11.7 Å². The molecule has 0 bridgehead atoms. The van der Waals surface area contributed by atoms with Gasteiger partial charge in [-0.3, -0.25) is 19.7 Å². The van der Waals surface area contributed by atoms with E-state index in [1.54, 1.807) is 12.1 Å². The van der Waals surface area contributed by atoms with Crippen LogP contribution in [0.2, 0.25) is 0 Å². The smallest absolute Gasteiger partial charge is 0.318 e. The minimum atomic E-state index is -1.18. The predicted molar refractivity (Wildman–Crippen MR) is 75.5 cm³/mol. The predicted octanol–water partition coefficient (Wildman–Crippen LogP) is -0.245. The number of nitrogens with two attached hydrogens (primary N) is 1. The average Bonchev–Trinajstić information content (AvgIpc) is 3.09. The Bertz CT molecular complexity index is 612. The molecule has 1 aliphatic heterocycles. The minimum Gasteiger partial charge on any atom is -0.467 e. The number of nitrogens with zero attached hydrogens (tertiary/aromatic N) is 1. The van der Waals surface area contributed by atoms with Gasteiger partial charge in [-0.1, -0.05) is 0 Å². The van der Waals surface area contributed by atoms with Crippen LogP contribution in [0.1, 0.15) is 19.1 Å². The van der Waals surface area contributed by atoms with E-state index in [2.05, 4.69) is 0 Å². The van der Waals surface area contributed by atoms with Gasteiger partial charge >= 0.3 is 12.0 Å². The fourth-order valence-corrected chi connectivity index (χ4v) is 2.22. The van der Waals surface area contributed by atoms with Crippen LogP contribution in [0.15, 0.2) is 22.8 Å². The first kappa shape index (κ1) is 16.5. The van der Waals surface area contributed by atoms with Crippen molar-refractivity contribution in [3.63, 3.8) is 0 Å². The number of urea groups is 1. The second-order valence-electron chi connectivity index (χ2n) is 5.19. The number of esters is 1. The van der Waals surface area contributed by atoms with Gasteiger partial charge in [-0.2, -0.15) is 0 Å². The Hall–Kier alpha value is -2.84. The van der Waals surface area contributed by atoms with Crippen molar-refractivity contribution in [3.8, 4) is 0 Å². The summed E-state index contributed by atoms with van der Waals surface area (Å²) >= 11 is 0. The second kappa shape index (κ2) is 6.95. The summed E-state index contributed by atoms with van der Waals surface area (Å²) in [4.78, 5) is 47.5. The average molecular weight is 323 g/mol. The number of hydrogen-bond acceptors (Lipinski definition) is 6. The molecular weight excluding hydrogens is 306 g/mol. The highest BCUT2D eigenvalue weighted by molar-refractivity contribution is 5.96. The van der Waals surface area contributed by atoms with Gasteiger partial charge in [-0.15, -0.1) is 0 Å². The number of nitrogens with one attached hydrogen (secondary N) is 1. The lowest BCUT2D eigenvalue weighted by molar-refractivity contribution is -0.158. The zero-order chi connectivity index (χ0) is 17.0. The minimum absolute atomic E-state index is 0.00367. The van der Waals surface area contributed by atoms with Crippen molar-refractivity contribution in [2.45, 2.75) is 26.0 Å². The Kier molecular flexibility index (Phi) is 4.99. The molecular formula is C14H17N3O6. The molecule has 9 nitrogen and oxygen atoms in total. The topological polar surface area (TPSA) is 132 Å². The normalized spacial score (nSPS) is 18.6. The van der Waals surface area contributed by atoms with Gasteiger partial charge in [0.2, 0.25) is 5.91 Å². The molecule has 0 spiro atoms. The number of amides is 4. The van der Waals surface area contributed by atoms with Crippen LogP contribution >= 0.6 is 0 Å². The Morgan fingerprint density at radius 3 is 2.87 bits per heavy atom. The number of carbonyl (C=O) groups excluding carboxylic acids is 4. The zero-order valence-electron chi connectivity index (χ0n) is 12.5. The summed E-state index contributed by atoms with van der Waals surface area (Å²) in [6.07, 6.45) is 0.328. The first-order valence-electron chi connectivity index (χ1n) is 6.97. The second-order valence-corrected chi connectivity index (χ2v) is 5.19. The summed E-state index contributed by atoms with van der Waals surface area (Å²) in [7, 11) is 0. The number of ether oxygens (including phenoxy) is 1. The molecule has 1 saturated heterocycles. The fraction of sp³-hybridized carbons (Fsp3) is 0.429. The van der Waals surface area contributed by atoms with Crippen molar-refractivity contribution < 1.29 is 28.3 Å². The lowest BCUT2D eigenvalue weighted by Crippen LogP contribution is -2.42. The summed E-state index contributed by atoms with van der Waals surface area (Å²) in [5.74, 6) is -1.74. The molecule has 0 radical (unpaired) electrons. The van der Waals surface area contributed by atoms with E-state index >= 15 is 0 Å². The van der Waals surface area contributed by atoms with Crippen molar-refractivity contribution in [3.05, 3.63) is 24.2 Å². The molecule has 1 aromatic rings. The van der Waals surface area contributed by atoms with Crippen LogP contribution in [-0.4, -0.2) is 41.4 Å². The van der Waals surface area contributed by atoms with Gasteiger partial charge in [0.1, 0.15) is 5.76 Å². The van der Waals surface area contributed by atoms with Crippen LogP contribution in [0.4, 0.5) is 4.79 Å². The van der Waals surface area contributed by atoms with Crippen molar-refractivity contribution in [1.29, 1.82) is 0 Å². The highest BCUT2D eigenvalue weighted by atomic mass is 16.5. The van der Waals surface area contributed by atoms with E-state index in [1.807, 2.05) is 5.32 Å². The molecule has 1 aromatic heterocycles. The Balaban J connectivity index is 1.87. The maximum atomic E-state index is 12.0. The number of likely N-dealkylation sites (tertiary alicyclic amines) is 1. The number of rotatable bonds is 5. The highest BCUT2D eigenvalue weighted by Gasteiger charge is 2.36.